The molecule has 0 aliphatic carbocycles. The summed E-state index contributed by atoms with van der Waals surface area (Å²) in [6.45, 7) is 0.935. The SMILES string of the molecule is O=C(Cc1ccc(-n2c(=O)c3ccccc3n(CC(=O)Nc3ccc(Br)cc3)c2=O)cc1)NCC1CCCO1. The topological polar surface area (TPSA) is 111 Å². The predicted molar refractivity (Wildman–Crippen MR) is 152 cm³/mol. The van der Waals surface area contributed by atoms with Crippen molar-refractivity contribution in [3.05, 3.63) is 104 Å². The molecule has 5 rings (SSSR count). The highest BCUT2D eigenvalue weighted by Gasteiger charge is 2.18. The second-order valence-electron chi connectivity index (χ2n) is 9.36. The van der Waals surface area contributed by atoms with E-state index < -0.39 is 17.2 Å². The molecule has 9 nitrogen and oxygen atoms in total. The van der Waals surface area contributed by atoms with E-state index in [9.17, 15) is 19.2 Å². The number of aromatic nitrogens is 2. The maximum absolute atomic E-state index is 13.6. The van der Waals surface area contributed by atoms with E-state index in [1.807, 2.05) is 0 Å². The molecule has 2 heterocycles. The highest BCUT2D eigenvalue weighted by molar-refractivity contribution is 9.10. The number of anilines is 1. The highest BCUT2D eigenvalue weighted by Crippen LogP contribution is 2.15. The highest BCUT2D eigenvalue weighted by atomic mass is 79.9. The minimum atomic E-state index is -0.633. The molecule has 39 heavy (non-hydrogen) atoms. The zero-order chi connectivity index (χ0) is 27.4. The number of carbonyl (C=O) groups is 2. The maximum Gasteiger partial charge on any atom is 0.336 e. The average Bonchev–Trinajstić information content (AvgIpc) is 3.46. The number of amides is 2. The first-order valence-electron chi connectivity index (χ1n) is 12.7. The third-order valence-corrected chi connectivity index (χ3v) is 7.12. The first kappa shape index (κ1) is 26.6. The molecule has 3 aromatic carbocycles. The minimum absolute atomic E-state index is 0.0650. The monoisotopic (exact) mass is 590 g/mol. The summed E-state index contributed by atoms with van der Waals surface area (Å²) in [5.74, 6) is -0.528. The molecule has 1 aliphatic rings. The lowest BCUT2D eigenvalue weighted by Gasteiger charge is -2.15. The average molecular weight is 591 g/mol. The number of para-hydroxylation sites is 1. The third-order valence-electron chi connectivity index (χ3n) is 6.59. The van der Waals surface area contributed by atoms with E-state index in [2.05, 4.69) is 26.6 Å². The number of nitrogens with one attached hydrogen (secondary N) is 2. The molecule has 1 unspecified atom stereocenters. The summed E-state index contributed by atoms with van der Waals surface area (Å²) in [6.07, 6.45) is 2.18. The van der Waals surface area contributed by atoms with Gasteiger partial charge in [-0.15, -0.1) is 0 Å². The van der Waals surface area contributed by atoms with Crippen LogP contribution in [0.25, 0.3) is 16.6 Å². The Balaban J connectivity index is 1.39. The van der Waals surface area contributed by atoms with Crippen LogP contribution in [0.4, 0.5) is 5.69 Å². The van der Waals surface area contributed by atoms with Gasteiger partial charge in [-0.2, -0.15) is 0 Å². The van der Waals surface area contributed by atoms with Gasteiger partial charge in [0.15, 0.2) is 0 Å². The van der Waals surface area contributed by atoms with Gasteiger partial charge in [0.2, 0.25) is 11.8 Å². The number of hydrogen-bond donors (Lipinski definition) is 2. The molecular formula is C29H27BrN4O5. The van der Waals surface area contributed by atoms with Crippen LogP contribution in [0.2, 0.25) is 0 Å². The van der Waals surface area contributed by atoms with Crippen LogP contribution in [0.3, 0.4) is 0 Å². The van der Waals surface area contributed by atoms with Crippen molar-refractivity contribution in [1.29, 1.82) is 0 Å². The van der Waals surface area contributed by atoms with Crippen LogP contribution >= 0.6 is 15.9 Å². The molecule has 1 aromatic heterocycles. The zero-order valence-electron chi connectivity index (χ0n) is 21.1. The van der Waals surface area contributed by atoms with E-state index in [1.165, 1.54) is 4.57 Å². The van der Waals surface area contributed by atoms with Gasteiger partial charge >= 0.3 is 5.69 Å². The molecular weight excluding hydrogens is 564 g/mol. The fourth-order valence-electron chi connectivity index (χ4n) is 4.62. The number of fused-ring (bicyclic) bond motifs is 1. The van der Waals surface area contributed by atoms with E-state index in [0.29, 0.717) is 28.8 Å². The molecule has 1 atom stereocenters. The van der Waals surface area contributed by atoms with E-state index in [4.69, 9.17) is 4.74 Å². The van der Waals surface area contributed by atoms with E-state index in [1.54, 1.807) is 72.8 Å². The second kappa shape index (κ2) is 11.8. The number of ether oxygens (including phenoxy) is 1. The first-order chi connectivity index (χ1) is 18.9. The van der Waals surface area contributed by atoms with Gasteiger partial charge in [0.05, 0.1) is 29.1 Å². The summed E-state index contributed by atoms with van der Waals surface area (Å²) in [5, 5.41) is 5.99. The Morgan fingerprint density at radius 2 is 1.69 bits per heavy atom. The molecule has 1 aliphatic heterocycles. The Morgan fingerprint density at radius 3 is 2.41 bits per heavy atom. The normalized spacial score (nSPS) is 14.8. The van der Waals surface area contributed by atoms with Crippen molar-refractivity contribution >= 4 is 44.3 Å². The van der Waals surface area contributed by atoms with Crippen LogP contribution < -0.4 is 21.9 Å². The van der Waals surface area contributed by atoms with E-state index in [0.717, 1.165) is 34.1 Å². The van der Waals surface area contributed by atoms with Gasteiger partial charge in [0, 0.05) is 23.3 Å². The Morgan fingerprint density at radius 1 is 0.949 bits per heavy atom. The van der Waals surface area contributed by atoms with E-state index in [-0.39, 0.29) is 25.0 Å². The summed E-state index contributed by atoms with van der Waals surface area (Å²) in [7, 11) is 0. The number of nitrogens with zero attached hydrogens (tertiary/aromatic N) is 2. The number of benzene rings is 3. The minimum Gasteiger partial charge on any atom is -0.376 e. The lowest BCUT2D eigenvalue weighted by molar-refractivity contribution is -0.121. The number of rotatable bonds is 8. The van der Waals surface area contributed by atoms with Crippen molar-refractivity contribution in [3.8, 4) is 5.69 Å². The summed E-state index contributed by atoms with van der Waals surface area (Å²) in [6, 6.07) is 20.5. The van der Waals surface area contributed by atoms with Crippen molar-refractivity contribution in [2.75, 3.05) is 18.5 Å². The molecule has 2 N–H and O–H groups in total. The Labute approximate surface area is 232 Å². The van der Waals surface area contributed by atoms with Gasteiger partial charge in [-0.25, -0.2) is 9.36 Å². The van der Waals surface area contributed by atoms with Crippen LogP contribution in [0, 0.1) is 0 Å². The molecule has 0 spiro atoms. The second-order valence-corrected chi connectivity index (χ2v) is 10.3. The fourth-order valence-corrected chi connectivity index (χ4v) is 4.89. The Kier molecular flexibility index (Phi) is 8.04. The molecule has 0 radical (unpaired) electrons. The standard InChI is InChI=1S/C29H27BrN4O5/c30-20-9-11-21(12-10-20)32-27(36)18-33-25-6-2-1-5-24(25)28(37)34(29(33)38)22-13-7-19(8-14-22)16-26(35)31-17-23-4-3-15-39-23/h1-2,5-14,23H,3-4,15-18H2,(H,31,35)(H,32,36). The molecule has 2 amide bonds. The summed E-state index contributed by atoms with van der Waals surface area (Å²) in [5.41, 5.74) is 0.931. The first-order valence-corrected chi connectivity index (χ1v) is 13.5. The summed E-state index contributed by atoms with van der Waals surface area (Å²) < 4.78 is 8.75. The summed E-state index contributed by atoms with van der Waals surface area (Å²) >= 11 is 3.36. The van der Waals surface area contributed by atoms with Gasteiger partial charge in [-0.1, -0.05) is 40.2 Å². The van der Waals surface area contributed by atoms with Crippen molar-refractivity contribution < 1.29 is 14.3 Å². The van der Waals surface area contributed by atoms with Crippen molar-refractivity contribution in [2.45, 2.75) is 31.9 Å². The molecule has 0 saturated carbocycles. The van der Waals surface area contributed by atoms with Gasteiger partial charge in [-0.05, 0) is 66.9 Å². The molecule has 0 bridgehead atoms. The molecule has 1 fully saturated rings. The smallest absolute Gasteiger partial charge is 0.336 e. The van der Waals surface area contributed by atoms with E-state index >= 15 is 0 Å². The molecule has 1 saturated heterocycles. The predicted octanol–water partition coefficient (Wildman–Crippen LogP) is 3.39. The molecule has 10 heteroatoms. The lowest BCUT2D eigenvalue weighted by Crippen LogP contribution is -2.40. The quantitative estimate of drug-likeness (QED) is 0.327. The largest absolute Gasteiger partial charge is 0.376 e. The van der Waals surface area contributed by atoms with Gasteiger partial charge in [-0.3, -0.25) is 19.0 Å². The Bertz CT molecular complexity index is 1620. The third kappa shape index (κ3) is 6.18. The van der Waals surface area contributed by atoms with Gasteiger partial charge in [0.1, 0.15) is 6.54 Å². The van der Waals surface area contributed by atoms with Crippen LogP contribution in [0.5, 0.6) is 0 Å². The maximum atomic E-state index is 13.6. The van der Waals surface area contributed by atoms with Crippen LogP contribution in [-0.2, 0) is 27.3 Å². The fraction of sp³-hybridized carbons (Fsp3) is 0.241. The van der Waals surface area contributed by atoms with Crippen molar-refractivity contribution in [3.63, 3.8) is 0 Å². The lowest BCUT2D eigenvalue weighted by atomic mass is 10.1. The van der Waals surface area contributed by atoms with Crippen molar-refractivity contribution in [1.82, 2.24) is 14.5 Å². The van der Waals surface area contributed by atoms with Gasteiger partial charge in [0.25, 0.3) is 5.56 Å². The summed E-state index contributed by atoms with van der Waals surface area (Å²) in [4.78, 5) is 52.2. The Hall–Kier alpha value is -4.02. The van der Waals surface area contributed by atoms with Crippen LogP contribution in [-0.4, -0.2) is 40.2 Å². The zero-order valence-corrected chi connectivity index (χ0v) is 22.6. The van der Waals surface area contributed by atoms with Gasteiger partial charge < -0.3 is 15.4 Å². The van der Waals surface area contributed by atoms with Crippen LogP contribution in [0.15, 0.2) is 86.9 Å². The van der Waals surface area contributed by atoms with Crippen LogP contribution in [0.1, 0.15) is 18.4 Å². The van der Waals surface area contributed by atoms with Crippen molar-refractivity contribution in [2.24, 2.45) is 0 Å². The number of carbonyl (C=O) groups excluding carboxylic acids is 2. The molecule has 4 aromatic rings. The molecule has 200 valence electrons. The number of halogens is 1. The number of hydrogen-bond acceptors (Lipinski definition) is 5.